The molecule has 0 N–H and O–H groups in total. The summed E-state index contributed by atoms with van der Waals surface area (Å²) >= 11 is 0. The molecule has 0 aliphatic carbocycles. The monoisotopic (exact) mass is 175 g/mol. The molecule has 0 aliphatic rings. The Morgan fingerprint density at radius 2 is 2.23 bits per heavy atom. The summed E-state index contributed by atoms with van der Waals surface area (Å²) in [5.74, 6) is 0.373. The maximum atomic E-state index is 8.57. The van der Waals surface area contributed by atoms with E-state index >= 15 is 0 Å². The van der Waals surface area contributed by atoms with Gasteiger partial charge in [0.15, 0.2) is 18.3 Å². The normalized spacial score (nSPS) is 8.92. The molecule has 0 saturated heterocycles. The van der Waals surface area contributed by atoms with E-state index in [1.165, 1.54) is 11.8 Å². The van der Waals surface area contributed by atoms with Crippen molar-refractivity contribution in [2.24, 2.45) is 0 Å². The summed E-state index contributed by atoms with van der Waals surface area (Å²) in [4.78, 5) is 0. The van der Waals surface area contributed by atoms with Crippen LogP contribution < -0.4 is 9.42 Å². The lowest BCUT2D eigenvalue weighted by Crippen LogP contribution is -2.41. The van der Waals surface area contributed by atoms with Crippen LogP contribution in [0.5, 0.6) is 5.88 Å². The van der Waals surface area contributed by atoms with Crippen LogP contribution in [0.25, 0.3) is 0 Å². The summed E-state index contributed by atoms with van der Waals surface area (Å²) in [5.41, 5.74) is 0. The van der Waals surface area contributed by atoms with Gasteiger partial charge in [-0.05, 0) is 0 Å². The predicted octanol–water partition coefficient (Wildman–Crippen LogP) is -0.0340. The van der Waals surface area contributed by atoms with Crippen molar-refractivity contribution < 1.29 is 9.42 Å². The Hall–Kier alpha value is -2.14. The molecule has 0 amide bonds. The van der Waals surface area contributed by atoms with Gasteiger partial charge in [-0.1, -0.05) is 4.68 Å². The Balaban J connectivity index is 3.03. The molecule has 0 aliphatic heterocycles. The Morgan fingerprint density at radius 3 is 2.77 bits per heavy atom. The number of nitriles is 2. The van der Waals surface area contributed by atoms with Crippen LogP contribution in [-0.2, 0) is 0 Å². The first-order chi connectivity index (χ1) is 6.31. The molecule has 1 aromatic rings. The highest BCUT2D eigenvalue weighted by Crippen LogP contribution is 2.00. The van der Waals surface area contributed by atoms with Crippen LogP contribution in [0.15, 0.2) is 18.3 Å². The number of aromatic nitrogens is 2. The van der Waals surface area contributed by atoms with E-state index in [9.17, 15) is 0 Å². The van der Waals surface area contributed by atoms with E-state index in [0.29, 0.717) is 5.88 Å². The summed E-state index contributed by atoms with van der Waals surface area (Å²) < 4.78 is 6.09. The zero-order valence-corrected chi connectivity index (χ0v) is 7.01. The van der Waals surface area contributed by atoms with Crippen molar-refractivity contribution in [1.82, 2.24) is 5.10 Å². The second-order valence-corrected chi connectivity index (χ2v) is 2.19. The van der Waals surface area contributed by atoms with Gasteiger partial charge in [0, 0.05) is 17.2 Å². The van der Waals surface area contributed by atoms with Gasteiger partial charge in [0.25, 0.3) is 5.88 Å². The Bertz CT molecular complexity index is 362. The molecule has 0 radical (unpaired) electrons. The van der Waals surface area contributed by atoms with Gasteiger partial charge in [0.1, 0.15) is 0 Å². The molecule has 0 spiro atoms. The number of methoxy groups -OCH3 is 1. The van der Waals surface area contributed by atoms with Gasteiger partial charge in [-0.25, -0.2) is 0 Å². The maximum Gasteiger partial charge on any atom is 0.353 e. The molecule has 0 unspecified atom stereocenters. The summed E-state index contributed by atoms with van der Waals surface area (Å²) in [6.07, 6.45) is 1.54. The molecule has 0 bridgehead atoms. The average molecular weight is 175 g/mol. The van der Waals surface area contributed by atoms with Crippen LogP contribution in [0.3, 0.4) is 0 Å². The van der Waals surface area contributed by atoms with E-state index < -0.39 is 6.04 Å². The topological polar surface area (TPSA) is 73.6 Å². The van der Waals surface area contributed by atoms with Crippen LogP contribution in [-0.4, -0.2) is 12.2 Å². The number of hydrogen-bond donors (Lipinski definition) is 0. The van der Waals surface area contributed by atoms with Crippen LogP contribution in [0.2, 0.25) is 0 Å². The minimum atomic E-state index is -0.907. The van der Waals surface area contributed by atoms with Crippen LogP contribution in [0.4, 0.5) is 0 Å². The van der Waals surface area contributed by atoms with Gasteiger partial charge in [0.2, 0.25) is 0 Å². The van der Waals surface area contributed by atoms with E-state index in [0.717, 1.165) is 0 Å². The largest absolute Gasteiger partial charge is 0.477 e. The van der Waals surface area contributed by atoms with Crippen LogP contribution >= 0.6 is 0 Å². The van der Waals surface area contributed by atoms with Crippen molar-refractivity contribution in [3.8, 4) is 18.0 Å². The lowest BCUT2D eigenvalue weighted by Gasteiger charge is -1.95. The highest BCUT2D eigenvalue weighted by Gasteiger charge is 2.18. The molecule has 0 atom stereocenters. The minimum absolute atomic E-state index is 0.373. The first-order valence-corrected chi connectivity index (χ1v) is 3.53. The molecular weight excluding hydrogens is 168 g/mol. The highest BCUT2D eigenvalue weighted by molar-refractivity contribution is 5.04. The summed E-state index contributed by atoms with van der Waals surface area (Å²) in [5, 5.41) is 21.0. The fraction of sp³-hybridized carbons (Fsp3) is 0.250. The van der Waals surface area contributed by atoms with Crippen LogP contribution in [0.1, 0.15) is 6.04 Å². The summed E-state index contributed by atoms with van der Waals surface area (Å²) in [6, 6.07) is 6.00. The summed E-state index contributed by atoms with van der Waals surface area (Å²) in [7, 11) is 1.47. The number of nitrogens with zero attached hydrogens (tertiary/aromatic N) is 4. The predicted molar refractivity (Wildman–Crippen MR) is 41.2 cm³/mol. The molecule has 0 aromatic carbocycles. The second kappa shape index (κ2) is 4.03. The molecule has 1 rings (SSSR count). The smallest absolute Gasteiger partial charge is 0.353 e. The second-order valence-electron chi connectivity index (χ2n) is 2.19. The van der Waals surface area contributed by atoms with Gasteiger partial charge in [-0.15, -0.1) is 0 Å². The highest BCUT2D eigenvalue weighted by atomic mass is 16.5. The molecule has 1 aromatic heterocycles. The van der Waals surface area contributed by atoms with Crippen molar-refractivity contribution in [2.75, 3.05) is 7.11 Å². The Morgan fingerprint density at radius 1 is 1.54 bits per heavy atom. The third-order valence-corrected chi connectivity index (χ3v) is 1.41. The van der Waals surface area contributed by atoms with E-state index in [1.54, 1.807) is 30.5 Å². The van der Waals surface area contributed by atoms with E-state index in [1.807, 2.05) is 0 Å². The summed E-state index contributed by atoms with van der Waals surface area (Å²) in [6.45, 7) is 0. The Labute approximate surface area is 75.4 Å². The lowest BCUT2D eigenvalue weighted by atomic mass is 10.4. The Kier molecular flexibility index (Phi) is 2.77. The molecule has 0 saturated carbocycles. The van der Waals surface area contributed by atoms with Crippen molar-refractivity contribution in [2.45, 2.75) is 6.04 Å². The van der Waals surface area contributed by atoms with E-state index in [-0.39, 0.29) is 0 Å². The zero-order valence-electron chi connectivity index (χ0n) is 7.01. The van der Waals surface area contributed by atoms with Crippen molar-refractivity contribution >= 4 is 0 Å². The maximum absolute atomic E-state index is 8.57. The fourth-order valence-electron chi connectivity index (χ4n) is 0.794. The molecule has 5 nitrogen and oxygen atoms in total. The molecular formula is C8H7N4O+. The van der Waals surface area contributed by atoms with Crippen molar-refractivity contribution in [1.29, 1.82) is 10.5 Å². The fourth-order valence-corrected chi connectivity index (χ4v) is 0.794. The van der Waals surface area contributed by atoms with Gasteiger partial charge >= 0.3 is 6.04 Å². The third kappa shape index (κ3) is 1.91. The van der Waals surface area contributed by atoms with Crippen molar-refractivity contribution in [3.05, 3.63) is 18.3 Å². The SMILES string of the molecule is COc1ccc[n+](C(C#N)C#N)n1. The van der Waals surface area contributed by atoms with Crippen molar-refractivity contribution in [3.63, 3.8) is 0 Å². The quantitative estimate of drug-likeness (QED) is 0.591. The molecule has 1 heterocycles. The number of ether oxygens (including phenoxy) is 1. The molecule has 0 fully saturated rings. The minimum Gasteiger partial charge on any atom is -0.477 e. The van der Waals surface area contributed by atoms with Gasteiger partial charge in [-0.2, -0.15) is 10.5 Å². The van der Waals surface area contributed by atoms with E-state index in [4.69, 9.17) is 15.3 Å². The number of hydrogen-bond acceptors (Lipinski definition) is 4. The average Bonchev–Trinajstić information content (AvgIpc) is 2.20. The first-order valence-electron chi connectivity index (χ1n) is 3.53. The number of rotatable bonds is 2. The van der Waals surface area contributed by atoms with E-state index in [2.05, 4.69) is 5.10 Å². The molecule has 64 valence electrons. The zero-order chi connectivity index (χ0) is 9.68. The van der Waals surface area contributed by atoms with Gasteiger partial charge < -0.3 is 4.74 Å². The first kappa shape index (κ1) is 8.95. The third-order valence-electron chi connectivity index (χ3n) is 1.41. The molecule has 13 heavy (non-hydrogen) atoms. The van der Waals surface area contributed by atoms with Gasteiger partial charge in [-0.3, -0.25) is 0 Å². The van der Waals surface area contributed by atoms with Gasteiger partial charge in [0.05, 0.1) is 7.11 Å². The standard InChI is InChI=1S/C8H7N4O/c1-13-8-3-2-4-12(11-8)7(5-9)6-10/h2-4,7H,1H3/q+1. The van der Waals surface area contributed by atoms with Crippen LogP contribution in [0, 0.1) is 22.7 Å². The lowest BCUT2D eigenvalue weighted by molar-refractivity contribution is -0.755. The molecule has 5 heteroatoms.